The zero-order valence-corrected chi connectivity index (χ0v) is 19.4. The molecule has 0 aliphatic carbocycles. The van der Waals surface area contributed by atoms with Crippen molar-refractivity contribution in [1.29, 1.82) is 0 Å². The monoisotopic (exact) mass is 466 g/mol. The van der Waals surface area contributed by atoms with Crippen molar-refractivity contribution in [2.45, 2.75) is 33.2 Å². The Morgan fingerprint density at radius 1 is 1.24 bits per heavy atom. The predicted molar refractivity (Wildman–Crippen MR) is 122 cm³/mol. The van der Waals surface area contributed by atoms with Crippen molar-refractivity contribution in [1.82, 2.24) is 5.16 Å². The van der Waals surface area contributed by atoms with Crippen LogP contribution >= 0.6 is 0 Å². The Morgan fingerprint density at radius 2 is 2.03 bits per heavy atom. The van der Waals surface area contributed by atoms with Gasteiger partial charge >= 0.3 is 0 Å². The summed E-state index contributed by atoms with van der Waals surface area (Å²) in [5.74, 6) is 0.0207. The number of ether oxygens (including phenoxy) is 2. The van der Waals surface area contributed by atoms with Gasteiger partial charge in [0.15, 0.2) is 28.8 Å². The van der Waals surface area contributed by atoms with Gasteiger partial charge in [-0.05, 0) is 49.1 Å². The van der Waals surface area contributed by atoms with E-state index >= 15 is 0 Å². The molecule has 0 bridgehead atoms. The number of carbonyl (C=O) groups excluding carboxylic acids is 2. The van der Waals surface area contributed by atoms with Crippen LogP contribution in [0.25, 0.3) is 0 Å². The lowest BCUT2D eigenvalue weighted by Crippen LogP contribution is -2.31. The van der Waals surface area contributed by atoms with Crippen LogP contribution in [0.2, 0.25) is 0 Å². The van der Waals surface area contributed by atoms with Crippen LogP contribution < -0.4 is 14.4 Å². The number of aryl methyl sites for hydroxylation is 1. The van der Waals surface area contributed by atoms with Gasteiger partial charge in [0.1, 0.15) is 5.76 Å². The molecule has 1 aliphatic heterocycles. The van der Waals surface area contributed by atoms with Gasteiger partial charge in [0.25, 0.3) is 5.91 Å². The maximum absolute atomic E-state index is 13.3. The Labute approximate surface area is 196 Å². The van der Waals surface area contributed by atoms with Gasteiger partial charge in [-0.3, -0.25) is 14.5 Å². The van der Waals surface area contributed by atoms with E-state index in [2.05, 4.69) is 19.0 Å². The lowest BCUT2D eigenvalue weighted by Gasteiger charge is -2.25. The van der Waals surface area contributed by atoms with Crippen LogP contribution in [-0.4, -0.2) is 35.7 Å². The number of hydrogen-bond acceptors (Lipinski definition) is 8. The summed E-state index contributed by atoms with van der Waals surface area (Å²) in [5, 5.41) is 14.7. The van der Waals surface area contributed by atoms with Crippen molar-refractivity contribution in [2.75, 3.05) is 18.6 Å². The molecule has 9 heteroatoms. The third kappa shape index (κ3) is 4.28. The number of rotatable bonds is 9. The number of nitrogens with zero attached hydrogens (tertiary/aromatic N) is 2. The smallest absolute Gasteiger partial charge is 0.295 e. The Kier molecular flexibility index (Phi) is 6.45. The minimum absolute atomic E-state index is 0.00172. The maximum Gasteiger partial charge on any atom is 0.295 e. The van der Waals surface area contributed by atoms with E-state index in [1.54, 1.807) is 37.3 Å². The number of aromatic nitrogens is 1. The van der Waals surface area contributed by atoms with E-state index in [4.69, 9.17) is 18.4 Å². The number of anilines is 1. The van der Waals surface area contributed by atoms with Crippen LogP contribution in [0.15, 0.2) is 62.9 Å². The molecule has 1 aliphatic rings. The summed E-state index contributed by atoms with van der Waals surface area (Å²) in [6.07, 6.45) is 2.22. The molecule has 0 saturated carbocycles. The summed E-state index contributed by atoms with van der Waals surface area (Å²) in [5.41, 5.74) is 0.386. The van der Waals surface area contributed by atoms with Gasteiger partial charge in [0, 0.05) is 6.07 Å². The highest BCUT2D eigenvalue weighted by atomic mass is 16.5. The second kappa shape index (κ2) is 9.46. The van der Waals surface area contributed by atoms with Gasteiger partial charge in [-0.25, -0.2) is 0 Å². The predicted octanol–water partition coefficient (Wildman–Crippen LogP) is 4.79. The molecule has 0 fully saturated rings. The summed E-state index contributed by atoms with van der Waals surface area (Å²) in [4.78, 5) is 27.6. The number of ketones is 1. The normalized spacial score (nSPS) is 16.0. The quantitative estimate of drug-likeness (QED) is 0.448. The van der Waals surface area contributed by atoms with E-state index in [1.807, 2.05) is 0 Å². The molecular formula is C25H26N2O7. The van der Waals surface area contributed by atoms with Gasteiger partial charge in [-0.15, -0.1) is 0 Å². The third-order valence-corrected chi connectivity index (χ3v) is 5.52. The van der Waals surface area contributed by atoms with Crippen LogP contribution in [0.3, 0.4) is 0 Å². The first-order chi connectivity index (χ1) is 16.3. The molecular weight excluding hydrogens is 440 g/mol. The van der Waals surface area contributed by atoms with Crippen molar-refractivity contribution in [3.05, 3.63) is 71.1 Å². The topological polar surface area (TPSA) is 115 Å². The molecule has 2 aromatic heterocycles. The van der Waals surface area contributed by atoms with Crippen molar-refractivity contribution < 1.29 is 33.1 Å². The summed E-state index contributed by atoms with van der Waals surface area (Å²) < 4.78 is 21.8. The Bertz CT molecular complexity index is 1220. The van der Waals surface area contributed by atoms with E-state index in [0.717, 1.165) is 6.42 Å². The summed E-state index contributed by atoms with van der Waals surface area (Å²) in [6.45, 7) is 6.41. The van der Waals surface area contributed by atoms with E-state index in [1.165, 1.54) is 24.3 Å². The van der Waals surface area contributed by atoms with Crippen molar-refractivity contribution in [3.8, 4) is 11.5 Å². The standard InChI is InChI=1S/C25H26N2O7/c1-14(2)9-11-33-17-8-7-16(13-19(17)31-4)22-21(23(28)18-6-5-10-32-18)24(29)25(30)27(22)20-12-15(3)34-26-20/h5-8,10,12-14,22,29H,9,11H2,1-4H3/t22-/m1/s1. The number of methoxy groups -OCH3 is 1. The molecule has 9 nitrogen and oxygen atoms in total. The molecule has 1 amide bonds. The van der Waals surface area contributed by atoms with E-state index in [9.17, 15) is 14.7 Å². The van der Waals surface area contributed by atoms with E-state index in [-0.39, 0.29) is 17.2 Å². The number of aliphatic hydroxyl groups is 1. The van der Waals surface area contributed by atoms with Crippen LogP contribution in [0.4, 0.5) is 5.82 Å². The molecule has 0 radical (unpaired) electrons. The van der Waals surface area contributed by atoms with Crippen LogP contribution in [0, 0.1) is 12.8 Å². The molecule has 0 unspecified atom stereocenters. The highest BCUT2D eigenvalue weighted by Gasteiger charge is 2.46. The second-order valence-corrected chi connectivity index (χ2v) is 8.38. The van der Waals surface area contributed by atoms with Gasteiger partial charge in [-0.2, -0.15) is 0 Å². The van der Waals surface area contributed by atoms with Crippen LogP contribution in [0.1, 0.15) is 48.2 Å². The largest absolute Gasteiger partial charge is 0.503 e. The first kappa shape index (κ1) is 23.2. The first-order valence-electron chi connectivity index (χ1n) is 10.9. The van der Waals surface area contributed by atoms with Gasteiger partial charge in [0.05, 0.1) is 31.6 Å². The fraction of sp³-hybridized carbons (Fsp3) is 0.320. The number of hydrogen-bond donors (Lipinski definition) is 1. The average molecular weight is 466 g/mol. The number of amides is 1. The van der Waals surface area contributed by atoms with Gasteiger partial charge in [0.2, 0.25) is 5.78 Å². The zero-order valence-electron chi connectivity index (χ0n) is 19.4. The molecule has 178 valence electrons. The Morgan fingerprint density at radius 3 is 2.65 bits per heavy atom. The summed E-state index contributed by atoms with van der Waals surface area (Å²) >= 11 is 0. The average Bonchev–Trinajstić information content (AvgIpc) is 3.54. The molecule has 1 aromatic carbocycles. The fourth-order valence-corrected chi connectivity index (χ4v) is 3.77. The van der Waals surface area contributed by atoms with Crippen molar-refractivity contribution in [3.63, 3.8) is 0 Å². The van der Waals surface area contributed by atoms with Crippen molar-refractivity contribution >= 4 is 17.5 Å². The lowest BCUT2D eigenvalue weighted by molar-refractivity contribution is -0.117. The van der Waals surface area contributed by atoms with Crippen molar-refractivity contribution in [2.24, 2.45) is 5.92 Å². The number of carbonyl (C=O) groups is 2. The minimum atomic E-state index is -0.992. The number of benzene rings is 1. The summed E-state index contributed by atoms with van der Waals surface area (Å²) in [6, 6.07) is 8.71. The van der Waals surface area contributed by atoms with E-state index in [0.29, 0.717) is 35.3 Å². The molecule has 1 N–H and O–H groups in total. The minimum Gasteiger partial charge on any atom is -0.503 e. The fourth-order valence-electron chi connectivity index (χ4n) is 3.77. The Hall–Kier alpha value is -4.01. The molecule has 3 heterocycles. The Balaban J connectivity index is 1.78. The molecule has 3 aromatic rings. The molecule has 34 heavy (non-hydrogen) atoms. The number of aliphatic hydroxyl groups excluding tert-OH is 1. The molecule has 4 rings (SSSR count). The van der Waals surface area contributed by atoms with E-state index < -0.39 is 23.5 Å². The third-order valence-electron chi connectivity index (χ3n) is 5.52. The highest BCUT2D eigenvalue weighted by molar-refractivity contribution is 6.19. The maximum atomic E-state index is 13.3. The zero-order chi connectivity index (χ0) is 24.4. The number of furan rings is 1. The van der Waals surface area contributed by atoms with Crippen LogP contribution in [-0.2, 0) is 4.79 Å². The van der Waals surface area contributed by atoms with Gasteiger partial charge in [-0.1, -0.05) is 25.1 Å². The summed E-state index contributed by atoms with van der Waals surface area (Å²) in [7, 11) is 1.51. The SMILES string of the molecule is COc1cc([C@@H]2C(C(=O)c3ccco3)=C(O)C(=O)N2c2cc(C)on2)ccc1OCCC(C)C. The first-order valence-corrected chi connectivity index (χ1v) is 10.9. The molecule has 1 atom stereocenters. The second-order valence-electron chi connectivity index (χ2n) is 8.38. The van der Waals surface area contributed by atoms with Crippen LogP contribution in [0.5, 0.6) is 11.5 Å². The molecule has 0 spiro atoms. The lowest BCUT2D eigenvalue weighted by atomic mass is 9.94. The van der Waals surface area contributed by atoms with Gasteiger partial charge < -0.3 is 23.5 Å². The highest BCUT2D eigenvalue weighted by Crippen LogP contribution is 2.43. The number of Topliss-reactive ketones (excluding diaryl/α,β-unsaturated/α-hetero) is 1. The molecule has 0 saturated heterocycles.